The summed E-state index contributed by atoms with van der Waals surface area (Å²) in [6, 6.07) is 11.7. The molecule has 1 N–H and O–H groups in total. The molecule has 11 heteroatoms. The monoisotopic (exact) mass is 515 g/mol. The molecule has 0 bridgehead atoms. The van der Waals surface area contributed by atoms with Gasteiger partial charge in [-0.15, -0.1) is 0 Å². The first-order valence-corrected chi connectivity index (χ1v) is 13.1. The number of ether oxygens (including phenoxy) is 3. The Morgan fingerprint density at radius 1 is 1.06 bits per heavy atom. The number of hydrogen-bond acceptors (Lipinski definition) is 7. The van der Waals surface area contributed by atoms with Gasteiger partial charge in [0.25, 0.3) is 5.88 Å². The van der Waals surface area contributed by atoms with Gasteiger partial charge in [-0.1, -0.05) is 6.07 Å². The van der Waals surface area contributed by atoms with Crippen molar-refractivity contribution in [2.24, 2.45) is 0 Å². The summed E-state index contributed by atoms with van der Waals surface area (Å²) >= 11 is 0. The first-order valence-electron chi connectivity index (χ1n) is 11.1. The Balaban J connectivity index is 1.88. The molecule has 2 aromatic carbocycles. The topological polar surface area (TPSA) is 113 Å². The third kappa shape index (κ3) is 5.06. The normalized spacial score (nSPS) is 12.5. The molecule has 0 aliphatic carbocycles. The lowest BCUT2D eigenvalue weighted by Gasteiger charge is -2.19. The number of H-pyrrole nitrogens is 1. The average molecular weight is 516 g/mol. The quantitative estimate of drug-likeness (QED) is 0.363. The summed E-state index contributed by atoms with van der Waals surface area (Å²) < 4.78 is 55.9. The minimum atomic E-state index is -3.53. The second-order valence-electron chi connectivity index (χ2n) is 8.16. The zero-order chi connectivity index (χ0) is 26.0. The van der Waals surface area contributed by atoms with E-state index in [1.807, 2.05) is 0 Å². The Bertz CT molecular complexity index is 1580. The molecule has 9 nitrogen and oxygen atoms in total. The van der Waals surface area contributed by atoms with E-state index in [1.165, 1.54) is 30.9 Å². The largest absolute Gasteiger partial charge is 0.496 e. The Labute approximate surface area is 207 Å². The number of methoxy groups -OCH3 is 2. The lowest BCUT2D eigenvalue weighted by molar-refractivity contribution is 0.296. The number of pyridine rings is 1. The standard InChI is InChI=1S/C25H26FN3O6S/c1-5-35-24-22(33-2)11-9-18(27-24)21(14-36(4,31)32)29-20-10-6-15(12-19(20)28-25(29)30)17-8-7-16(26)13-23(17)34-3/h6-13,21H,5,14H2,1-4H3,(H,28,30). The number of nitrogens with zero attached hydrogens (tertiary/aromatic N) is 2. The Kier molecular flexibility index (Phi) is 7.02. The van der Waals surface area contributed by atoms with Crippen LogP contribution in [-0.4, -0.2) is 55.8 Å². The molecule has 0 aliphatic rings. The molecule has 36 heavy (non-hydrogen) atoms. The number of rotatable bonds is 9. The zero-order valence-electron chi connectivity index (χ0n) is 20.2. The van der Waals surface area contributed by atoms with Crippen LogP contribution < -0.4 is 19.9 Å². The van der Waals surface area contributed by atoms with Crippen molar-refractivity contribution in [3.8, 4) is 28.5 Å². The van der Waals surface area contributed by atoms with Crippen LogP contribution in [0.1, 0.15) is 18.7 Å². The molecule has 190 valence electrons. The van der Waals surface area contributed by atoms with Gasteiger partial charge in [0.05, 0.1) is 49.3 Å². The van der Waals surface area contributed by atoms with Crippen molar-refractivity contribution in [1.29, 1.82) is 0 Å². The number of hydrogen-bond donors (Lipinski definition) is 1. The van der Waals surface area contributed by atoms with E-state index in [0.29, 0.717) is 46.0 Å². The molecule has 0 saturated carbocycles. The van der Waals surface area contributed by atoms with Crippen molar-refractivity contribution in [3.05, 3.63) is 70.5 Å². The van der Waals surface area contributed by atoms with E-state index < -0.39 is 27.4 Å². The predicted molar refractivity (Wildman–Crippen MR) is 134 cm³/mol. The molecule has 0 radical (unpaired) electrons. The summed E-state index contributed by atoms with van der Waals surface area (Å²) in [7, 11) is -0.601. The Morgan fingerprint density at radius 3 is 2.47 bits per heavy atom. The van der Waals surface area contributed by atoms with Crippen LogP contribution in [0.3, 0.4) is 0 Å². The molecule has 1 unspecified atom stereocenters. The van der Waals surface area contributed by atoms with Gasteiger partial charge in [-0.05, 0) is 48.9 Å². The fourth-order valence-electron chi connectivity index (χ4n) is 4.11. The highest BCUT2D eigenvalue weighted by molar-refractivity contribution is 7.90. The molecular weight excluding hydrogens is 489 g/mol. The van der Waals surface area contributed by atoms with Gasteiger partial charge in [0.2, 0.25) is 0 Å². The van der Waals surface area contributed by atoms with Gasteiger partial charge in [-0.3, -0.25) is 4.57 Å². The van der Waals surface area contributed by atoms with Crippen molar-refractivity contribution in [1.82, 2.24) is 14.5 Å². The van der Waals surface area contributed by atoms with Gasteiger partial charge < -0.3 is 19.2 Å². The van der Waals surface area contributed by atoms with E-state index in [0.717, 1.165) is 6.26 Å². The lowest BCUT2D eigenvalue weighted by Crippen LogP contribution is -2.29. The van der Waals surface area contributed by atoms with Crippen molar-refractivity contribution in [3.63, 3.8) is 0 Å². The number of benzene rings is 2. The zero-order valence-corrected chi connectivity index (χ0v) is 21.1. The Morgan fingerprint density at radius 2 is 1.81 bits per heavy atom. The summed E-state index contributed by atoms with van der Waals surface area (Å²) in [6.07, 6.45) is 1.10. The number of sulfone groups is 1. The maximum Gasteiger partial charge on any atom is 0.327 e. The maximum absolute atomic E-state index is 13.7. The molecule has 0 fully saturated rings. The lowest BCUT2D eigenvalue weighted by atomic mass is 10.0. The van der Waals surface area contributed by atoms with Crippen molar-refractivity contribution < 1.29 is 27.0 Å². The number of aromatic amines is 1. The summed E-state index contributed by atoms with van der Waals surface area (Å²) in [5.41, 5.74) is 2.11. The van der Waals surface area contributed by atoms with Gasteiger partial charge in [0.15, 0.2) is 5.75 Å². The molecule has 4 aromatic rings. The molecule has 0 spiro atoms. The molecule has 2 heterocycles. The van der Waals surface area contributed by atoms with Crippen molar-refractivity contribution in [2.75, 3.05) is 32.8 Å². The first kappa shape index (κ1) is 25.2. The summed E-state index contributed by atoms with van der Waals surface area (Å²) in [4.78, 5) is 20.4. The van der Waals surface area contributed by atoms with Gasteiger partial charge in [0.1, 0.15) is 21.4 Å². The number of halogens is 1. The fourth-order valence-corrected chi connectivity index (χ4v) is 5.01. The molecule has 4 rings (SSSR count). The summed E-state index contributed by atoms with van der Waals surface area (Å²) in [5, 5.41) is 0. The van der Waals surface area contributed by atoms with E-state index in [4.69, 9.17) is 14.2 Å². The highest BCUT2D eigenvalue weighted by Gasteiger charge is 2.26. The number of aromatic nitrogens is 3. The maximum atomic E-state index is 13.7. The second-order valence-corrected chi connectivity index (χ2v) is 10.3. The van der Waals surface area contributed by atoms with Crippen LogP contribution in [-0.2, 0) is 9.84 Å². The van der Waals surface area contributed by atoms with E-state index in [-0.39, 0.29) is 11.6 Å². The van der Waals surface area contributed by atoms with Crippen molar-refractivity contribution in [2.45, 2.75) is 13.0 Å². The SMILES string of the molecule is CCOc1nc(C(CS(C)(=O)=O)n2c(=O)[nH]c3cc(-c4ccc(F)cc4OC)ccc32)ccc1OC. The highest BCUT2D eigenvalue weighted by atomic mass is 32.2. The summed E-state index contributed by atoms with van der Waals surface area (Å²) in [5.74, 6) is 0.144. The summed E-state index contributed by atoms with van der Waals surface area (Å²) in [6.45, 7) is 2.12. The van der Waals surface area contributed by atoms with Crippen LogP contribution in [0.15, 0.2) is 53.3 Å². The average Bonchev–Trinajstić information content (AvgIpc) is 3.16. The van der Waals surface area contributed by atoms with Gasteiger partial charge in [-0.2, -0.15) is 0 Å². The molecule has 0 amide bonds. The predicted octanol–water partition coefficient (Wildman–Crippen LogP) is 3.58. The van der Waals surface area contributed by atoms with E-state index in [1.54, 1.807) is 43.3 Å². The molecule has 0 aliphatic heterocycles. The third-order valence-electron chi connectivity index (χ3n) is 5.65. The first-order chi connectivity index (χ1) is 17.1. The van der Waals surface area contributed by atoms with Crippen LogP contribution in [0.4, 0.5) is 4.39 Å². The van der Waals surface area contributed by atoms with Gasteiger partial charge in [-0.25, -0.2) is 22.6 Å². The van der Waals surface area contributed by atoms with Crippen LogP contribution in [0.2, 0.25) is 0 Å². The minimum absolute atomic E-state index is 0.203. The fraction of sp³-hybridized carbons (Fsp3) is 0.280. The Hall–Kier alpha value is -3.86. The van der Waals surface area contributed by atoms with Crippen LogP contribution in [0, 0.1) is 5.82 Å². The second kappa shape index (κ2) is 10.0. The molecule has 0 saturated heterocycles. The van der Waals surface area contributed by atoms with Gasteiger partial charge >= 0.3 is 5.69 Å². The highest BCUT2D eigenvalue weighted by Crippen LogP contribution is 2.34. The van der Waals surface area contributed by atoms with E-state index >= 15 is 0 Å². The van der Waals surface area contributed by atoms with E-state index in [9.17, 15) is 17.6 Å². The molecule has 2 aromatic heterocycles. The smallest absolute Gasteiger partial charge is 0.327 e. The number of nitrogens with one attached hydrogen (secondary N) is 1. The number of imidazole rings is 1. The number of fused-ring (bicyclic) bond motifs is 1. The van der Waals surface area contributed by atoms with Crippen molar-refractivity contribution >= 4 is 20.9 Å². The third-order valence-corrected chi connectivity index (χ3v) is 6.57. The van der Waals surface area contributed by atoms with E-state index in [2.05, 4.69) is 9.97 Å². The van der Waals surface area contributed by atoms with Crippen LogP contribution in [0.25, 0.3) is 22.2 Å². The molecular formula is C25H26FN3O6S. The van der Waals surface area contributed by atoms with Gasteiger partial charge in [0, 0.05) is 17.9 Å². The minimum Gasteiger partial charge on any atom is -0.496 e. The van der Waals surface area contributed by atoms with Crippen LogP contribution in [0.5, 0.6) is 17.4 Å². The van der Waals surface area contributed by atoms with Crippen LogP contribution >= 0.6 is 0 Å². The molecule has 1 atom stereocenters.